The molecule has 2 rings (SSSR count). The minimum Gasteiger partial charge on any atom is -0.369 e. The summed E-state index contributed by atoms with van der Waals surface area (Å²) in [5.74, 6) is 0.390. The summed E-state index contributed by atoms with van der Waals surface area (Å²) in [5.41, 5.74) is 1.91. The Hall–Kier alpha value is -0.490. The monoisotopic (exact) mass is 322 g/mol. The van der Waals surface area contributed by atoms with Crippen molar-refractivity contribution >= 4 is 38.9 Å². The summed E-state index contributed by atoms with van der Waals surface area (Å²) in [6.45, 7) is 2.36. The number of alkyl halides is 1. The van der Waals surface area contributed by atoms with Crippen molar-refractivity contribution in [2.75, 3.05) is 37.3 Å². The van der Waals surface area contributed by atoms with Crippen molar-refractivity contribution in [2.45, 2.75) is 5.88 Å². The molecule has 0 saturated carbocycles. The molecule has 0 aliphatic carbocycles. The number of benzene rings is 1. The van der Waals surface area contributed by atoms with Gasteiger partial charge in [-0.25, -0.2) is 8.42 Å². The van der Waals surface area contributed by atoms with Gasteiger partial charge in [0.05, 0.1) is 6.26 Å². The van der Waals surface area contributed by atoms with Crippen LogP contribution in [0.15, 0.2) is 18.2 Å². The zero-order valence-corrected chi connectivity index (χ0v) is 13.0. The van der Waals surface area contributed by atoms with Crippen LogP contribution < -0.4 is 4.90 Å². The Bertz CT molecular complexity index is 555. The lowest BCUT2D eigenvalue weighted by Gasteiger charge is -2.34. The van der Waals surface area contributed by atoms with Crippen molar-refractivity contribution in [3.05, 3.63) is 28.8 Å². The molecule has 1 aromatic rings. The molecular weight excluding hydrogens is 307 g/mol. The molecule has 1 fully saturated rings. The van der Waals surface area contributed by atoms with E-state index < -0.39 is 10.0 Å². The smallest absolute Gasteiger partial charge is 0.211 e. The van der Waals surface area contributed by atoms with E-state index in [1.165, 1.54) is 10.6 Å². The van der Waals surface area contributed by atoms with Crippen molar-refractivity contribution in [3.8, 4) is 0 Å². The quantitative estimate of drug-likeness (QED) is 0.801. The molecule has 7 heteroatoms. The lowest BCUT2D eigenvalue weighted by atomic mass is 10.2. The number of hydrogen-bond donors (Lipinski definition) is 0. The lowest BCUT2D eigenvalue weighted by molar-refractivity contribution is 0.388. The molecule has 1 aliphatic rings. The average Bonchev–Trinajstić information content (AvgIpc) is 2.38. The van der Waals surface area contributed by atoms with E-state index in [0.717, 1.165) is 11.3 Å². The van der Waals surface area contributed by atoms with Crippen LogP contribution in [0.25, 0.3) is 0 Å². The van der Waals surface area contributed by atoms with Gasteiger partial charge in [-0.05, 0) is 17.7 Å². The second-order valence-corrected chi connectivity index (χ2v) is 7.22. The minimum atomic E-state index is -3.09. The van der Waals surface area contributed by atoms with Crippen LogP contribution in [0.3, 0.4) is 0 Å². The fourth-order valence-corrected chi connectivity index (χ4v) is 3.49. The fraction of sp³-hybridized carbons (Fsp3) is 0.500. The molecule has 0 amide bonds. The standard InChI is InChI=1S/C12H16Cl2N2O2S/c1-19(17,18)16-6-4-15(5-7-16)11-3-2-10(9-13)12(14)8-11/h2-3,8H,4-7,9H2,1H3. The van der Waals surface area contributed by atoms with Gasteiger partial charge in [0.1, 0.15) is 0 Å². The van der Waals surface area contributed by atoms with Crippen LogP contribution in [0.1, 0.15) is 5.56 Å². The number of nitrogens with zero attached hydrogens (tertiary/aromatic N) is 2. The highest BCUT2D eigenvalue weighted by Crippen LogP contribution is 2.25. The summed E-state index contributed by atoms with van der Waals surface area (Å²) in [7, 11) is -3.09. The first-order chi connectivity index (χ1) is 8.91. The van der Waals surface area contributed by atoms with Gasteiger partial charge in [-0.3, -0.25) is 0 Å². The number of sulfonamides is 1. The zero-order valence-electron chi connectivity index (χ0n) is 10.6. The Morgan fingerprint density at radius 2 is 1.84 bits per heavy atom. The highest BCUT2D eigenvalue weighted by atomic mass is 35.5. The second-order valence-electron chi connectivity index (χ2n) is 4.56. The van der Waals surface area contributed by atoms with Crippen LogP contribution in [-0.2, 0) is 15.9 Å². The van der Waals surface area contributed by atoms with Crippen LogP contribution in [0, 0.1) is 0 Å². The van der Waals surface area contributed by atoms with Gasteiger partial charge in [0.2, 0.25) is 10.0 Å². The third-order valence-corrected chi connectivity index (χ3v) is 5.20. The van der Waals surface area contributed by atoms with Gasteiger partial charge in [-0.2, -0.15) is 4.31 Å². The van der Waals surface area contributed by atoms with Crippen molar-refractivity contribution in [1.82, 2.24) is 4.31 Å². The van der Waals surface area contributed by atoms with Gasteiger partial charge in [0, 0.05) is 42.8 Å². The Morgan fingerprint density at radius 1 is 1.21 bits per heavy atom. The largest absolute Gasteiger partial charge is 0.369 e. The molecule has 0 N–H and O–H groups in total. The topological polar surface area (TPSA) is 40.6 Å². The van der Waals surface area contributed by atoms with Gasteiger partial charge in [-0.1, -0.05) is 17.7 Å². The fourth-order valence-electron chi connectivity index (χ4n) is 2.12. The van der Waals surface area contributed by atoms with Crippen molar-refractivity contribution in [2.24, 2.45) is 0 Å². The van der Waals surface area contributed by atoms with E-state index >= 15 is 0 Å². The van der Waals surface area contributed by atoms with Gasteiger partial charge in [0.25, 0.3) is 0 Å². The first kappa shape index (κ1) is 14.9. The molecule has 0 radical (unpaired) electrons. The molecule has 1 aliphatic heterocycles. The van der Waals surface area contributed by atoms with Crippen molar-refractivity contribution < 1.29 is 8.42 Å². The molecule has 19 heavy (non-hydrogen) atoms. The van der Waals surface area contributed by atoms with E-state index in [0.29, 0.717) is 37.1 Å². The van der Waals surface area contributed by atoms with E-state index in [1.54, 1.807) is 0 Å². The highest BCUT2D eigenvalue weighted by Gasteiger charge is 2.23. The number of halogens is 2. The molecule has 0 aromatic heterocycles. The third-order valence-electron chi connectivity index (χ3n) is 3.25. The van der Waals surface area contributed by atoms with Crippen LogP contribution in [0.5, 0.6) is 0 Å². The van der Waals surface area contributed by atoms with E-state index in [1.807, 2.05) is 18.2 Å². The van der Waals surface area contributed by atoms with Crippen molar-refractivity contribution in [1.29, 1.82) is 0 Å². The molecule has 0 unspecified atom stereocenters. The summed E-state index contributed by atoms with van der Waals surface area (Å²) >= 11 is 11.9. The van der Waals surface area contributed by atoms with Gasteiger partial charge in [-0.15, -0.1) is 11.6 Å². The van der Waals surface area contributed by atoms with E-state index in [2.05, 4.69) is 4.90 Å². The molecule has 0 atom stereocenters. The number of piperazine rings is 1. The van der Waals surface area contributed by atoms with Gasteiger partial charge < -0.3 is 4.90 Å². The highest BCUT2D eigenvalue weighted by molar-refractivity contribution is 7.88. The van der Waals surface area contributed by atoms with Crippen LogP contribution >= 0.6 is 23.2 Å². The van der Waals surface area contributed by atoms with Gasteiger partial charge in [0.15, 0.2) is 0 Å². The molecular formula is C12H16Cl2N2O2S. The molecule has 106 valence electrons. The van der Waals surface area contributed by atoms with Crippen LogP contribution in [0.2, 0.25) is 5.02 Å². The maximum atomic E-state index is 11.4. The Morgan fingerprint density at radius 3 is 2.32 bits per heavy atom. The summed E-state index contributed by atoms with van der Waals surface area (Å²) < 4.78 is 24.4. The molecule has 0 spiro atoms. The normalized spacial score (nSPS) is 17.7. The molecule has 4 nitrogen and oxygen atoms in total. The predicted molar refractivity (Wildman–Crippen MR) is 79.6 cm³/mol. The van der Waals surface area contributed by atoms with E-state index in [-0.39, 0.29) is 0 Å². The Kier molecular flexibility index (Phi) is 4.61. The molecule has 1 aromatic carbocycles. The number of anilines is 1. The average molecular weight is 323 g/mol. The van der Waals surface area contributed by atoms with Crippen LogP contribution in [-0.4, -0.2) is 45.2 Å². The SMILES string of the molecule is CS(=O)(=O)N1CCN(c2ccc(CCl)c(Cl)c2)CC1. The number of rotatable bonds is 3. The van der Waals surface area contributed by atoms with Crippen molar-refractivity contribution in [3.63, 3.8) is 0 Å². The molecule has 1 saturated heterocycles. The van der Waals surface area contributed by atoms with Crippen LogP contribution in [0.4, 0.5) is 5.69 Å². The number of hydrogen-bond acceptors (Lipinski definition) is 3. The maximum absolute atomic E-state index is 11.4. The maximum Gasteiger partial charge on any atom is 0.211 e. The predicted octanol–water partition coefficient (Wildman–Crippen LogP) is 2.16. The summed E-state index contributed by atoms with van der Waals surface area (Å²) in [6.07, 6.45) is 1.24. The summed E-state index contributed by atoms with van der Waals surface area (Å²) in [5, 5.41) is 0.651. The first-order valence-corrected chi connectivity index (χ1v) is 8.72. The van der Waals surface area contributed by atoms with E-state index in [9.17, 15) is 8.42 Å². The summed E-state index contributed by atoms with van der Waals surface area (Å²) in [4.78, 5) is 2.13. The minimum absolute atomic E-state index is 0.390. The summed E-state index contributed by atoms with van der Waals surface area (Å²) in [6, 6.07) is 5.77. The second kappa shape index (κ2) is 5.87. The van der Waals surface area contributed by atoms with E-state index in [4.69, 9.17) is 23.2 Å². The van der Waals surface area contributed by atoms with Gasteiger partial charge >= 0.3 is 0 Å². The first-order valence-electron chi connectivity index (χ1n) is 5.96. The Labute approximate surface area is 124 Å². The molecule has 1 heterocycles. The zero-order chi connectivity index (χ0) is 14.0. The lowest BCUT2D eigenvalue weighted by Crippen LogP contribution is -2.48. The third kappa shape index (κ3) is 3.54. The Balaban J connectivity index is 2.08. The molecule has 0 bridgehead atoms.